The van der Waals surface area contributed by atoms with Crippen LogP contribution in [0.1, 0.15) is 30.0 Å². The van der Waals surface area contributed by atoms with Crippen molar-refractivity contribution in [3.63, 3.8) is 0 Å². The number of benzene rings is 2. The van der Waals surface area contributed by atoms with Crippen LogP contribution in [0.2, 0.25) is 0 Å². The predicted octanol–water partition coefficient (Wildman–Crippen LogP) is 4.09. The van der Waals surface area contributed by atoms with Crippen molar-refractivity contribution in [1.29, 1.82) is 0 Å². The lowest BCUT2D eigenvalue weighted by atomic mass is 10.1. The van der Waals surface area contributed by atoms with Gasteiger partial charge in [-0.2, -0.15) is 0 Å². The third-order valence-electron chi connectivity index (χ3n) is 4.52. The maximum atomic E-state index is 5.78. The number of aliphatic imine (C=N–C) groups is 1. The van der Waals surface area contributed by atoms with Crippen LogP contribution in [-0.2, 0) is 24.5 Å². The second-order valence-electron chi connectivity index (χ2n) is 6.68. The van der Waals surface area contributed by atoms with Crippen LogP contribution in [-0.4, -0.2) is 19.0 Å². The third kappa shape index (κ3) is 6.61. The smallest absolute Gasteiger partial charge is 0.191 e. The van der Waals surface area contributed by atoms with E-state index >= 15 is 0 Å². The lowest BCUT2D eigenvalue weighted by Crippen LogP contribution is -2.38. The Labute approximate surface area is 173 Å². The largest absolute Gasteiger partial charge is 0.372 e. The van der Waals surface area contributed by atoms with Crippen molar-refractivity contribution in [3.05, 3.63) is 71.3 Å². The molecular weight excluding hydrogens is 437 g/mol. The summed E-state index contributed by atoms with van der Waals surface area (Å²) in [6.45, 7) is 4.30. The molecule has 1 saturated carbocycles. The summed E-state index contributed by atoms with van der Waals surface area (Å²) in [7, 11) is 1.82. The first-order valence-electron chi connectivity index (χ1n) is 8.91. The van der Waals surface area contributed by atoms with E-state index in [1.54, 1.807) is 0 Å². The molecule has 2 aromatic carbocycles. The van der Waals surface area contributed by atoms with Gasteiger partial charge in [0.15, 0.2) is 5.96 Å². The summed E-state index contributed by atoms with van der Waals surface area (Å²) >= 11 is 0. The molecule has 1 fully saturated rings. The van der Waals surface area contributed by atoms with Crippen molar-refractivity contribution < 1.29 is 4.74 Å². The Bertz CT molecular complexity index is 688. The number of guanidine groups is 1. The van der Waals surface area contributed by atoms with Crippen molar-refractivity contribution in [1.82, 2.24) is 10.6 Å². The van der Waals surface area contributed by atoms with Gasteiger partial charge in [-0.3, -0.25) is 4.99 Å². The second kappa shape index (κ2) is 10.5. The van der Waals surface area contributed by atoms with E-state index in [0.717, 1.165) is 18.4 Å². The van der Waals surface area contributed by atoms with Gasteiger partial charge in [-0.1, -0.05) is 61.5 Å². The van der Waals surface area contributed by atoms with Crippen LogP contribution in [0.3, 0.4) is 0 Å². The maximum Gasteiger partial charge on any atom is 0.191 e. The summed E-state index contributed by atoms with van der Waals surface area (Å²) in [5.74, 6) is 1.64. The Kier molecular flexibility index (Phi) is 8.38. The summed E-state index contributed by atoms with van der Waals surface area (Å²) < 4.78 is 5.78. The number of hydrogen-bond donors (Lipinski definition) is 2. The monoisotopic (exact) mass is 465 g/mol. The Morgan fingerprint density at radius 3 is 2.15 bits per heavy atom. The van der Waals surface area contributed by atoms with E-state index in [9.17, 15) is 0 Å². The Morgan fingerprint density at radius 1 is 1.00 bits per heavy atom. The molecular formula is C21H28IN3O. The summed E-state index contributed by atoms with van der Waals surface area (Å²) in [6, 6.07) is 19.4. The van der Waals surface area contributed by atoms with Crippen molar-refractivity contribution in [2.45, 2.75) is 39.1 Å². The first-order valence-corrected chi connectivity index (χ1v) is 8.91. The van der Waals surface area contributed by atoms with Crippen LogP contribution in [0.5, 0.6) is 0 Å². The molecule has 2 unspecified atom stereocenters. The van der Waals surface area contributed by atoms with Gasteiger partial charge in [0, 0.05) is 19.6 Å². The standard InChI is InChI=1S/C21H27N3O.HI/c1-16-12-20(16)24-21(22-2)23-13-17-8-10-19(11-9-17)15-25-14-18-6-4-3-5-7-18;/h3-11,16,20H,12-15H2,1-2H3,(H2,22,23,24);1H. The van der Waals surface area contributed by atoms with Crippen LogP contribution in [0.25, 0.3) is 0 Å². The molecule has 140 valence electrons. The molecule has 1 aliphatic carbocycles. The number of halogens is 1. The highest BCUT2D eigenvalue weighted by atomic mass is 127. The van der Waals surface area contributed by atoms with Crippen LogP contribution < -0.4 is 10.6 Å². The zero-order chi connectivity index (χ0) is 17.5. The van der Waals surface area contributed by atoms with Crippen LogP contribution in [0.15, 0.2) is 59.6 Å². The second-order valence-corrected chi connectivity index (χ2v) is 6.68. The minimum atomic E-state index is 0. The molecule has 0 bridgehead atoms. The molecule has 2 aromatic rings. The topological polar surface area (TPSA) is 45.7 Å². The van der Waals surface area contributed by atoms with Gasteiger partial charge in [-0.25, -0.2) is 0 Å². The molecule has 0 heterocycles. The normalized spacial score (nSPS) is 18.8. The fraction of sp³-hybridized carbons (Fsp3) is 0.381. The molecule has 1 aliphatic rings. The van der Waals surface area contributed by atoms with E-state index in [1.807, 2.05) is 25.2 Å². The lowest BCUT2D eigenvalue weighted by Gasteiger charge is -2.12. The van der Waals surface area contributed by atoms with Crippen LogP contribution in [0.4, 0.5) is 0 Å². The predicted molar refractivity (Wildman–Crippen MR) is 118 cm³/mol. The van der Waals surface area contributed by atoms with Gasteiger partial charge < -0.3 is 15.4 Å². The number of nitrogens with zero attached hydrogens (tertiary/aromatic N) is 1. The average molecular weight is 465 g/mol. The minimum Gasteiger partial charge on any atom is -0.372 e. The third-order valence-corrected chi connectivity index (χ3v) is 4.52. The van der Waals surface area contributed by atoms with E-state index in [2.05, 4.69) is 58.9 Å². The fourth-order valence-electron chi connectivity index (χ4n) is 2.69. The molecule has 0 spiro atoms. The Hall–Kier alpha value is -1.60. The summed E-state index contributed by atoms with van der Waals surface area (Å²) in [5, 5.41) is 6.80. The molecule has 0 aromatic heterocycles. The molecule has 0 aliphatic heterocycles. The van der Waals surface area contributed by atoms with Gasteiger partial charge in [0.2, 0.25) is 0 Å². The molecule has 0 amide bonds. The molecule has 26 heavy (non-hydrogen) atoms. The molecule has 0 saturated heterocycles. The van der Waals surface area contributed by atoms with Crippen molar-refractivity contribution in [2.24, 2.45) is 10.9 Å². The highest BCUT2D eigenvalue weighted by Gasteiger charge is 2.33. The lowest BCUT2D eigenvalue weighted by molar-refractivity contribution is 0.107. The first kappa shape index (κ1) is 20.7. The highest BCUT2D eigenvalue weighted by Crippen LogP contribution is 2.28. The van der Waals surface area contributed by atoms with Gasteiger partial charge >= 0.3 is 0 Å². The molecule has 5 heteroatoms. The molecule has 4 nitrogen and oxygen atoms in total. The van der Waals surface area contributed by atoms with Crippen molar-refractivity contribution in [3.8, 4) is 0 Å². The van der Waals surface area contributed by atoms with Gasteiger partial charge in [-0.05, 0) is 29.0 Å². The molecule has 3 rings (SSSR count). The zero-order valence-corrected chi connectivity index (χ0v) is 17.8. The Morgan fingerprint density at radius 2 is 1.58 bits per heavy atom. The van der Waals surface area contributed by atoms with Crippen molar-refractivity contribution in [2.75, 3.05) is 7.05 Å². The van der Waals surface area contributed by atoms with E-state index in [1.165, 1.54) is 23.1 Å². The van der Waals surface area contributed by atoms with E-state index in [4.69, 9.17) is 4.74 Å². The summed E-state index contributed by atoms with van der Waals surface area (Å²) in [5.41, 5.74) is 3.62. The average Bonchev–Trinajstić information content (AvgIpc) is 3.35. The van der Waals surface area contributed by atoms with Gasteiger partial charge in [0.25, 0.3) is 0 Å². The Balaban J connectivity index is 0.00000243. The van der Waals surface area contributed by atoms with Gasteiger partial charge in [0.05, 0.1) is 13.2 Å². The minimum absolute atomic E-state index is 0. The van der Waals surface area contributed by atoms with E-state index < -0.39 is 0 Å². The van der Waals surface area contributed by atoms with E-state index in [0.29, 0.717) is 19.3 Å². The fourth-order valence-corrected chi connectivity index (χ4v) is 2.69. The van der Waals surface area contributed by atoms with Gasteiger partial charge in [-0.15, -0.1) is 24.0 Å². The number of nitrogens with one attached hydrogen (secondary N) is 2. The quantitative estimate of drug-likeness (QED) is 0.368. The maximum absolute atomic E-state index is 5.78. The SMILES string of the molecule is CN=C(NCc1ccc(COCc2ccccc2)cc1)NC1CC1C.I. The number of hydrogen-bond acceptors (Lipinski definition) is 2. The van der Waals surface area contributed by atoms with Crippen LogP contribution >= 0.6 is 24.0 Å². The first-order chi connectivity index (χ1) is 12.2. The van der Waals surface area contributed by atoms with Crippen LogP contribution in [0, 0.1) is 5.92 Å². The number of ether oxygens (including phenoxy) is 1. The van der Waals surface area contributed by atoms with Gasteiger partial charge in [0.1, 0.15) is 0 Å². The highest BCUT2D eigenvalue weighted by molar-refractivity contribution is 14.0. The number of rotatable bonds is 7. The van der Waals surface area contributed by atoms with Crippen molar-refractivity contribution >= 4 is 29.9 Å². The summed E-state index contributed by atoms with van der Waals surface area (Å²) in [6.07, 6.45) is 1.23. The van der Waals surface area contributed by atoms with E-state index in [-0.39, 0.29) is 24.0 Å². The molecule has 2 N–H and O–H groups in total. The molecule has 2 atom stereocenters. The summed E-state index contributed by atoms with van der Waals surface area (Å²) in [4.78, 5) is 4.28. The molecule has 0 radical (unpaired) electrons. The zero-order valence-electron chi connectivity index (χ0n) is 15.4.